The van der Waals surface area contributed by atoms with Gasteiger partial charge in [0, 0.05) is 10.3 Å². The molecule has 2 heterocycles. The zero-order chi connectivity index (χ0) is 15.7. The van der Waals surface area contributed by atoms with Gasteiger partial charge >= 0.3 is 0 Å². The number of nitrogens with zero attached hydrogens (tertiary/aromatic N) is 2. The van der Waals surface area contributed by atoms with Crippen molar-refractivity contribution in [2.24, 2.45) is 5.10 Å². The predicted octanol–water partition coefficient (Wildman–Crippen LogP) is 4.98. The molecule has 0 amide bonds. The Kier molecular flexibility index (Phi) is 3.94. The minimum Gasteiger partial charge on any atom is -0.261 e. The van der Waals surface area contributed by atoms with Gasteiger partial charge in [-0.15, -0.1) is 11.3 Å². The van der Waals surface area contributed by atoms with Crippen molar-refractivity contribution in [3.05, 3.63) is 56.8 Å². The number of fused-ring (bicyclic) bond motifs is 1. The summed E-state index contributed by atoms with van der Waals surface area (Å²) in [6.45, 7) is 8.42. The number of nitrogens with one attached hydrogen (secondary N) is 1. The Morgan fingerprint density at radius 2 is 1.86 bits per heavy atom. The second-order valence-electron chi connectivity index (χ2n) is 5.64. The Bertz CT molecular complexity index is 862. The lowest BCUT2D eigenvalue weighted by Crippen LogP contribution is -1.97. The highest BCUT2D eigenvalue weighted by atomic mass is 32.1. The van der Waals surface area contributed by atoms with Crippen LogP contribution < -0.4 is 5.43 Å². The second-order valence-corrected chi connectivity index (χ2v) is 6.59. The lowest BCUT2D eigenvalue weighted by molar-refractivity contribution is 1.24. The van der Waals surface area contributed by atoms with E-state index in [0.717, 1.165) is 16.2 Å². The third kappa shape index (κ3) is 2.88. The third-order valence-corrected chi connectivity index (χ3v) is 4.67. The monoisotopic (exact) mass is 309 g/mol. The molecule has 0 atom stereocenters. The molecular formula is C18H19N3S. The number of hydrogen-bond donors (Lipinski definition) is 1. The Balaban J connectivity index is 1.92. The van der Waals surface area contributed by atoms with Gasteiger partial charge in [0.15, 0.2) is 0 Å². The first-order valence-corrected chi connectivity index (χ1v) is 8.14. The van der Waals surface area contributed by atoms with Crippen LogP contribution in [0.15, 0.2) is 34.7 Å². The van der Waals surface area contributed by atoms with Crippen LogP contribution >= 0.6 is 11.3 Å². The summed E-state index contributed by atoms with van der Waals surface area (Å²) in [4.78, 5) is 5.86. The average molecular weight is 309 g/mol. The number of thiophene rings is 1. The van der Waals surface area contributed by atoms with Crippen LogP contribution in [-0.4, -0.2) is 11.2 Å². The van der Waals surface area contributed by atoms with E-state index in [1.807, 2.05) is 12.3 Å². The number of aryl methyl sites for hydroxylation is 4. The topological polar surface area (TPSA) is 37.3 Å². The predicted molar refractivity (Wildman–Crippen MR) is 96.2 cm³/mol. The van der Waals surface area contributed by atoms with Crippen LogP contribution in [0, 0.1) is 27.7 Å². The molecule has 0 aliphatic heterocycles. The van der Waals surface area contributed by atoms with E-state index in [4.69, 9.17) is 4.98 Å². The summed E-state index contributed by atoms with van der Waals surface area (Å²) < 4.78 is 0. The number of aromatic nitrogens is 1. The fraction of sp³-hybridized carbons (Fsp3) is 0.222. The summed E-state index contributed by atoms with van der Waals surface area (Å²) in [6, 6.07) is 8.49. The molecule has 1 aromatic carbocycles. The Morgan fingerprint density at radius 3 is 2.59 bits per heavy atom. The van der Waals surface area contributed by atoms with Gasteiger partial charge in [-0.3, -0.25) is 5.43 Å². The van der Waals surface area contributed by atoms with Crippen LogP contribution in [0.2, 0.25) is 0 Å². The molecular weight excluding hydrogens is 290 g/mol. The summed E-state index contributed by atoms with van der Waals surface area (Å²) in [5.41, 5.74) is 9.00. The number of hydrazone groups is 1. The summed E-state index contributed by atoms with van der Waals surface area (Å²) in [7, 11) is 0. The van der Waals surface area contributed by atoms with E-state index in [2.05, 4.69) is 61.8 Å². The normalized spacial score (nSPS) is 11.5. The first kappa shape index (κ1) is 14.7. The molecule has 112 valence electrons. The fourth-order valence-corrected chi connectivity index (χ4v) is 3.36. The zero-order valence-electron chi connectivity index (χ0n) is 13.3. The molecule has 1 N–H and O–H groups in total. The lowest BCUT2D eigenvalue weighted by atomic mass is 10.0. The van der Waals surface area contributed by atoms with Crippen LogP contribution in [0.3, 0.4) is 0 Å². The Hall–Kier alpha value is -2.20. The van der Waals surface area contributed by atoms with Crippen molar-refractivity contribution in [1.29, 1.82) is 0 Å². The van der Waals surface area contributed by atoms with Gasteiger partial charge in [0.2, 0.25) is 0 Å². The van der Waals surface area contributed by atoms with Crippen LogP contribution in [0.5, 0.6) is 0 Å². The molecule has 3 rings (SSSR count). The fourth-order valence-electron chi connectivity index (χ4n) is 2.58. The van der Waals surface area contributed by atoms with E-state index in [9.17, 15) is 0 Å². The van der Waals surface area contributed by atoms with Crippen molar-refractivity contribution in [3.8, 4) is 0 Å². The minimum absolute atomic E-state index is 0.780. The maximum absolute atomic E-state index is 4.70. The average Bonchev–Trinajstić information content (AvgIpc) is 2.86. The van der Waals surface area contributed by atoms with Crippen molar-refractivity contribution in [1.82, 2.24) is 4.98 Å². The first-order valence-electron chi connectivity index (χ1n) is 7.26. The van der Waals surface area contributed by atoms with E-state index in [-0.39, 0.29) is 0 Å². The van der Waals surface area contributed by atoms with Gasteiger partial charge in [0.1, 0.15) is 5.82 Å². The highest BCUT2D eigenvalue weighted by Gasteiger charge is 2.06. The van der Waals surface area contributed by atoms with Crippen LogP contribution in [0.4, 0.5) is 5.82 Å². The van der Waals surface area contributed by atoms with E-state index in [0.29, 0.717) is 0 Å². The highest BCUT2D eigenvalue weighted by molar-refractivity contribution is 7.11. The van der Waals surface area contributed by atoms with Crippen LogP contribution in [0.25, 0.3) is 10.9 Å². The van der Waals surface area contributed by atoms with E-state index in [1.54, 1.807) is 11.3 Å². The Morgan fingerprint density at radius 1 is 1.05 bits per heavy atom. The van der Waals surface area contributed by atoms with Gasteiger partial charge in [0.05, 0.1) is 11.7 Å². The number of pyridine rings is 1. The number of benzene rings is 1. The van der Waals surface area contributed by atoms with Crippen molar-refractivity contribution < 1.29 is 0 Å². The maximum Gasteiger partial charge on any atom is 0.147 e. The van der Waals surface area contributed by atoms with Gasteiger partial charge in [-0.1, -0.05) is 11.6 Å². The molecule has 22 heavy (non-hydrogen) atoms. The molecule has 3 aromatic rings. The van der Waals surface area contributed by atoms with Gasteiger partial charge in [-0.05, 0) is 68.0 Å². The van der Waals surface area contributed by atoms with E-state index < -0.39 is 0 Å². The molecule has 0 fully saturated rings. The van der Waals surface area contributed by atoms with Crippen molar-refractivity contribution >= 4 is 34.3 Å². The molecule has 3 nitrogen and oxygen atoms in total. The van der Waals surface area contributed by atoms with Crippen LogP contribution in [-0.2, 0) is 0 Å². The lowest BCUT2D eigenvalue weighted by Gasteiger charge is -2.09. The molecule has 0 unspecified atom stereocenters. The minimum atomic E-state index is 0.780. The van der Waals surface area contributed by atoms with Gasteiger partial charge in [-0.25, -0.2) is 4.98 Å². The largest absolute Gasteiger partial charge is 0.261 e. The molecule has 0 radical (unpaired) electrons. The summed E-state index contributed by atoms with van der Waals surface area (Å²) in [5.74, 6) is 0.780. The first-order chi connectivity index (χ1) is 10.5. The smallest absolute Gasteiger partial charge is 0.147 e. The zero-order valence-corrected chi connectivity index (χ0v) is 14.1. The second kappa shape index (κ2) is 5.89. The van der Waals surface area contributed by atoms with E-state index in [1.165, 1.54) is 27.6 Å². The molecule has 0 aliphatic carbocycles. The molecule has 0 bridgehead atoms. The number of anilines is 1. The van der Waals surface area contributed by atoms with E-state index >= 15 is 0 Å². The van der Waals surface area contributed by atoms with Gasteiger partial charge < -0.3 is 0 Å². The van der Waals surface area contributed by atoms with Gasteiger partial charge in [0.25, 0.3) is 0 Å². The number of rotatable bonds is 3. The summed E-state index contributed by atoms with van der Waals surface area (Å²) in [6.07, 6.45) is 1.85. The molecule has 0 aliphatic rings. The molecule has 0 spiro atoms. The van der Waals surface area contributed by atoms with Gasteiger partial charge in [-0.2, -0.15) is 5.10 Å². The molecule has 4 heteroatoms. The maximum atomic E-state index is 4.70. The molecule has 0 saturated heterocycles. The van der Waals surface area contributed by atoms with Crippen molar-refractivity contribution in [2.75, 3.05) is 5.43 Å². The van der Waals surface area contributed by atoms with Crippen LogP contribution in [0.1, 0.15) is 27.1 Å². The van der Waals surface area contributed by atoms with Crippen molar-refractivity contribution in [2.45, 2.75) is 27.7 Å². The highest BCUT2D eigenvalue weighted by Crippen LogP contribution is 2.24. The quantitative estimate of drug-likeness (QED) is 0.547. The standard InChI is InChI=1S/C18H19N3S/c1-11-7-14(4)18-15(8-11)13(3)9-17(20-18)21-19-10-16-12(2)5-6-22-16/h5-10H,1-4H3,(H,20,21). The molecule has 2 aromatic heterocycles. The number of hydrogen-bond acceptors (Lipinski definition) is 4. The summed E-state index contributed by atoms with van der Waals surface area (Å²) in [5, 5.41) is 7.59. The Labute approximate surface area is 134 Å². The summed E-state index contributed by atoms with van der Waals surface area (Å²) >= 11 is 1.68. The molecule has 0 saturated carbocycles. The SMILES string of the molecule is Cc1cc(C)c2nc(NN=Cc3sccc3C)cc(C)c2c1. The van der Waals surface area contributed by atoms with Crippen molar-refractivity contribution in [3.63, 3.8) is 0 Å². The third-order valence-electron chi connectivity index (χ3n) is 3.72.